The van der Waals surface area contributed by atoms with Crippen LogP contribution in [0.5, 0.6) is 0 Å². The molecule has 0 radical (unpaired) electrons. The average molecular weight is 240 g/mol. The van der Waals surface area contributed by atoms with Crippen molar-refractivity contribution in [3.05, 3.63) is 0 Å². The molecular weight excluding hydrogens is 212 g/mol. The Labute approximate surface area is 106 Å². The summed E-state index contributed by atoms with van der Waals surface area (Å²) in [7, 11) is 0. The largest absolute Gasteiger partial charge is 0.356 e. The third-order valence-electron chi connectivity index (χ3n) is 4.35. The summed E-state index contributed by atoms with van der Waals surface area (Å²) in [6.45, 7) is 6.00. The lowest BCUT2D eigenvalue weighted by molar-refractivity contribution is -0.122. The van der Waals surface area contributed by atoms with Crippen molar-refractivity contribution in [1.82, 2.24) is 5.32 Å². The molecule has 1 unspecified atom stereocenters. The second-order valence-electron chi connectivity index (χ2n) is 5.71. The highest BCUT2D eigenvalue weighted by Gasteiger charge is 2.34. The topological polar surface area (TPSA) is 55.1 Å². The van der Waals surface area contributed by atoms with E-state index in [9.17, 15) is 4.79 Å². The molecule has 1 fully saturated rings. The predicted molar refractivity (Wildman–Crippen MR) is 71.7 cm³/mol. The van der Waals surface area contributed by atoms with E-state index >= 15 is 0 Å². The molecule has 1 saturated carbocycles. The molecule has 3 nitrogen and oxygen atoms in total. The Morgan fingerprint density at radius 2 is 2.12 bits per heavy atom. The van der Waals surface area contributed by atoms with Gasteiger partial charge in [-0.2, -0.15) is 0 Å². The van der Waals surface area contributed by atoms with E-state index in [1.54, 1.807) is 0 Å². The predicted octanol–water partition coefficient (Wildman–Crippen LogP) is 2.45. The Morgan fingerprint density at radius 3 is 2.59 bits per heavy atom. The Kier molecular flexibility index (Phi) is 5.96. The summed E-state index contributed by atoms with van der Waals surface area (Å²) in [5.41, 5.74) is 5.92. The molecule has 1 aliphatic carbocycles. The standard InChI is InChI=1S/C14H28N2O/c1-3-14(8-4-9-14)11-16-13(17)6-5-12(2)7-10-15/h12H,3-11,15H2,1-2H3,(H,16,17). The van der Waals surface area contributed by atoms with E-state index in [0.29, 0.717) is 17.8 Å². The molecule has 0 aromatic heterocycles. The first-order valence-corrected chi connectivity index (χ1v) is 7.08. The zero-order chi connectivity index (χ0) is 12.7. The van der Waals surface area contributed by atoms with Crippen molar-refractivity contribution >= 4 is 5.91 Å². The van der Waals surface area contributed by atoms with E-state index in [0.717, 1.165) is 25.9 Å². The zero-order valence-corrected chi connectivity index (χ0v) is 11.4. The van der Waals surface area contributed by atoms with Gasteiger partial charge in [0, 0.05) is 13.0 Å². The second kappa shape index (κ2) is 7.00. The highest BCUT2D eigenvalue weighted by Crippen LogP contribution is 2.43. The molecule has 3 N–H and O–H groups in total. The van der Waals surface area contributed by atoms with Gasteiger partial charge in [0.2, 0.25) is 5.91 Å². The van der Waals surface area contributed by atoms with Gasteiger partial charge in [0.15, 0.2) is 0 Å². The number of rotatable bonds is 8. The van der Waals surface area contributed by atoms with Crippen LogP contribution in [-0.2, 0) is 4.79 Å². The van der Waals surface area contributed by atoms with Crippen molar-refractivity contribution < 1.29 is 4.79 Å². The van der Waals surface area contributed by atoms with Crippen molar-refractivity contribution in [1.29, 1.82) is 0 Å². The molecule has 1 atom stereocenters. The smallest absolute Gasteiger partial charge is 0.220 e. The fourth-order valence-corrected chi connectivity index (χ4v) is 2.51. The Morgan fingerprint density at radius 1 is 1.41 bits per heavy atom. The van der Waals surface area contributed by atoms with Crippen LogP contribution < -0.4 is 11.1 Å². The van der Waals surface area contributed by atoms with Gasteiger partial charge in [-0.3, -0.25) is 4.79 Å². The van der Waals surface area contributed by atoms with Gasteiger partial charge in [0.1, 0.15) is 0 Å². The van der Waals surface area contributed by atoms with Crippen molar-refractivity contribution in [3.63, 3.8) is 0 Å². The molecule has 17 heavy (non-hydrogen) atoms. The number of amides is 1. The fraction of sp³-hybridized carbons (Fsp3) is 0.929. The molecule has 3 heteroatoms. The minimum Gasteiger partial charge on any atom is -0.356 e. The van der Waals surface area contributed by atoms with E-state index in [1.807, 2.05) is 0 Å². The minimum absolute atomic E-state index is 0.216. The summed E-state index contributed by atoms with van der Waals surface area (Å²) in [5.74, 6) is 0.781. The van der Waals surface area contributed by atoms with Gasteiger partial charge in [-0.1, -0.05) is 20.3 Å². The lowest BCUT2D eigenvalue weighted by Crippen LogP contribution is -2.41. The maximum Gasteiger partial charge on any atom is 0.220 e. The van der Waals surface area contributed by atoms with Gasteiger partial charge in [0.25, 0.3) is 0 Å². The summed E-state index contributed by atoms with van der Waals surface area (Å²) in [6, 6.07) is 0. The van der Waals surface area contributed by atoms with Crippen LogP contribution in [0.2, 0.25) is 0 Å². The van der Waals surface area contributed by atoms with Gasteiger partial charge < -0.3 is 11.1 Å². The zero-order valence-electron chi connectivity index (χ0n) is 11.4. The maximum absolute atomic E-state index is 11.7. The molecule has 0 bridgehead atoms. The normalized spacial score (nSPS) is 19.5. The van der Waals surface area contributed by atoms with E-state index in [2.05, 4.69) is 19.2 Å². The van der Waals surface area contributed by atoms with Crippen molar-refractivity contribution in [3.8, 4) is 0 Å². The molecular formula is C14H28N2O. The summed E-state index contributed by atoms with van der Waals surface area (Å²) in [5, 5.41) is 3.10. The van der Waals surface area contributed by atoms with Gasteiger partial charge in [-0.05, 0) is 50.0 Å². The van der Waals surface area contributed by atoms with E-state index < -0.39 is 0 Å². The molecule has 0 aromatic rings. The number of hydrogen-bond donors (Lipinski definition) is 2. The van der Waals surface area contributed by atoms with Crippen LogP contribution in [0.15, 0.2) is 0 Å². The lowest BCUT2D eigenvalue weighted by atomic mass is 9.67. The number of hydrogen-bond acceptors (Lipinski definition) is 2. The van der Waals surface area contributed by atoms with Crippen LogP contribution in [0.1, 0.15) is 58.8 Å². The Bertz CT molecular complexity index is 231. The molecule has 1 amide bonds. The molecule has 100 valence electrons. The SMILES string of the molecule is CCC1(CNC(=O)CCC(C)CCN)CCC1. The highest BCUT2D eigenvalue weighted by atomic mass is 16.1. The number of carbonyl (C=O) groups is 1. The van der Waals surface area contributed by atoms with Crippen LogP contribution in [0.4, 0.5) is 0 Å². The first kappa shape index (κ1) is 14.5. The number of nitrogens with one attached hydrogen (secondary N) is 1. The molecule has 1 rings (SSSR count). The van der Waals surface area contributed by atoms with Crippen LogP contribution in [0.25, 0.3) is 0 Å². The van der Waals surface area contributed by atoms with Gasteiger partial charge >= 0.3 is 0 Å². The van der Waals surface area contributed by atoms with Crippen molar-refractivity contribution in [2.24, 2.45) is 17.1 Å². The Hall–Kier alpha value is -0.570. The summed E-state index contributed by atoms with van der Waals surface area (Å²) < 4.78 is 0. The summed E-state index contributed by atoms with van der Waals surface area (Å²) in [4.78, 5) is 11.7. The quantitative estimate of drug-likeness (QED) is 0.684. The first-order chi connectivity index (χ1) is 8.12. The van der Waals surface area contributed by atoms with Gasteiger partial charge in [-0.25, -0.2) is 0 Å². The van der Waals surface area contributed by atoms with Crippen LogP contribution >= 0.6 is 0 Å². The molecule has 0 heterocycles. The monoisotopic (exact) mass is 240 g/mol. The number of nitrogens with two attached hydrogens (primary N) is 1. The van der Waals surface area contributed by atoms with Crippen molar-refractivity contribution in [2.75, 3.05) is 13.1 Å². The first-order valence-electron chi connectivity index (χ1n) is 7.08. The molecule has 0 aromatic carbocycles. The fourth-order valence-electron chi connectivity index (χ4n) is 2.51. The molecule has 0 aliphatic heterocycles. The maximum atomic E-state index is 11.7. The highest BCUT2D eigenvalue weighted by molar-refractivity contribution is 5.75. The molecule has 1 aliphatic rings. The van der Waals surface area contributed by atoms with Crippen LogP contribution in [0.3, 0.4) is 0 Å². The molecule has 0 saturated heterocycles. The minimum atomic E-state index is 0.216. The van der Waals surface area contributed by atoms with Crippen LogP contribution in [0, 0.1) is 11.3 Å². The molecule has 0 spiro atoms. The van der Waals surface area contributed by atoms with E-state index in [-0.39, 0.29) is 5.91 Å². The van der Waals surface area contributed by atoms with Gasteiger partial charge in [0.05, 0.1) is 0 Å². The average Bonchev–Trinajstić information content (AvgIpc) is 2.26. The summed E-state index contributed by atoms with van der Waals surface area (Å²) in [6.07, 6.45) is 7.73. The van der Waals surface area contributed by atoms with Gasteiger partial charge in [-0.15, -0.1) is 0 Å². The Balaban J connectivity index is 2.12. The van der Waals surface area contributed by atoms with E-state index in [4.69, 9.17) is 5.73 Å². The number of carbonyl (C=O) groups excluding carboxylic acids is 1. The van der Waals surface area contributed by atoms with Crippen LogP contribution in [-0.4, -0.2) is 19.0 Å². The van der Waals surface area contributed by atoms with E-state index in [1.165, 1.54) is 25.7 Å². The van der Waals surface area contributed by atoms with Crippen molar-refractivity contribution in [2.45, 2.75) is 58.8 Å². The second-order valence-corrected chi connectivity index (χ2v) is 5.71. The lowest BCUT2D eigenvalue weighted by Gasteiger charge is -2.41. The summed E-state index contributed by atoms with van der Waals surface area (Å²) >= 11 is 0. The third kappa shape index (κ3) is 4.66. The third-order valence-corrected chi connectivity index (χ3v) is 4.35.